The second kappa shape index (κ2) is 5.12. The van der Waals surface area contributed by atoms with Crippen molar-refractivity contribution in [1.29, 1.82) is 0 Å². The molecule has 1 N–H and O–H groups in total. The molecule has 1 saturated heterocycles. The maximum Gasteiger partial charge on any atom is 0.303 e. The van der Waals surface area contributed by atoms with Crippen molar-refractivity contribution in [2.75, 3.05) is 6.61 Å². The van der Waals surface area contributed by atoms with Gasteiger partial charge in [-0.2, -0.15) is 0 Å². The van der Waals surface area contributed by atoms with E-state index in [2.05, 4.69) is 4.98 Å². The molecule has 1 atom stereocenters. The van der Waals surface area contributed by atoms with E-state index in [9.17, 15) is 4.79 Å². The number of carboxylic acid groups (broad SMARTS) is 1. The van der Waals surface area contributed by atoms with E-state index in [0.717, 1.165) is 31.7 Å². The molecule has 5 heteroatoms. The molecule has 88 valence electrons. The zero-order valence-electron chi connectivity index (χ0n) is 9.13. The van der Waals surface area contributed by atoms with Crippen LogP contribution in [0.4, 0.5) is 0 Å². The number of ether oxygens (including phenoxy) is 1. The minimum atomic E-state index is -0.784. The van der Waals surface area contributed by atoms with Crippen LogP contribution in [0.1, 0.15) is 25.0 Å². The Bertz CT molecular complexity index is 356. The molecule has 16 heavy (non-hydrogen) atoms. The van der Waals surface area contributed by atoms with Gasteiger partial charge < -0.3 is 14.4 Å². The molecule has 2 heterocycles. The Labute approximate surface area is 94.1 Å². The van der Waals surface area contributed by atoms with Crippen LogP contribution >= 0.6 is 0 Å². The van der Waals surface area contributed by atoms with Crippen molar-refractivity contribution >= 4 is 5.97 Å². The van der Waals surface area contributed by atoms with E-state index in [4.69, 9.17) is 9.84 Å². The molecule has 1 aliphatic rings. The quantitative estimate of drug-likeness (QED) is 0.812. The molecule has 0 aliphatic carbocycles. The molecule has 0 saturated carbocycles. The van der Waals surface area contributed by atoms with Crippen molar-refractivity contribution < 1.29 is 14.6 Å². The molecular weight excluding hydrogens is 208 g/mol. The van der Waals surface area contributed by atoms with Crippen molar-refractivity contribution in [2.45, 2.75) is 38.3 Å². The van der Waals surface area contributed by atoms with Crippen LogP contribution < -0.4 is 0 Å². The molecule has 1 aliphatic heterocycles. The van der Waals surface area contributed by atoms with Gasteiger partial charge in [0.05, 0.1) is 24.5 Å². The molecule has 0 aromatic carbocycles. The van der Waals surface area contributed by atoms with Crippen molar-refractivity contribution in [2.24, 2.45) is 0 Å². The molecule has 2 rings (SSSR count). The van der Waals surface area contributed by atoms with Crippen molar-refractivity contribution in [3.63, 3.8) is 0 Å². The minimum absolute atomic E-state index is 0.136. The number of hydrogen-bond acceptors (Lipinski definition) is 3. The number of rotatable bonds is 5. The fourth-order valence-corrected chi connectivity index (χ4v) is 1.89. The van der Waals surface area contributed by atoms with Gasteiger partial charge in [0.2, 0.25) is 0 Å². The van der Waals surface area contributed by atoms with Gasteiger partial charge in [0.25, 0.3) is 0 Å². The summed E-state index contributed by atoms with van der Waals surface area (Å²) in [5.74, 6) is -0.784. The first-order valence-corrected chi connectivity index (χ1v) is 5.58. The first kappa shape index (κ1) is 11.1. The summed E-state index contributed by atoms with van der Waals surface area (Å²) in [4.78, 5) is 14.6. The SMILES string of the molecule is O=C(O)CCc1cn(CC2CCCO2)cn1. The van der Waals surface area contributed by atoms with Crippen LogP contribution in [0.25, 0.3) is 0 Å². The normalized spacial score (nSPS) is 20.1. The van der Waals surface area contributed by atoms with Gasteiger partial charge in [-0.05, 0) is 12.8 Å². The van der Waals surface area contributed by atoms with Crippen LogP contribution in [0.3, 0.4) is 0 Å². The Kier molecular flexibility index (Phi) is 3.56. The highest BCUT2D eigenvalue weighted by Gasteiger charge is 2.15. The van der Waals surface area contributed by atoms with Gasteiger partial charge in [-0.3, -0.25) is 4.79 Å². The van der Waals surface area contributed by atoms with Crippen LogP contribution in [-0.2, 0) is 22.5 Å². The number of nitrogens with zero attached hydrogens (tertiary/aromatic N) is 2. The number of hydrogen-bond donors (Lipinski definition) is 1. The van der Waals surface area contributed by atoms with Crippen LogP contribution in [-0.4, -0.2) is 33.3 Å². The summed E-state index contributed by atoms with van der Waals surface area (Å²) in [7, 11) is 0. The number of carboxylic acids is 1. The van der Waals surface area contributed by atoms with E-state index >= 15 is 0 Å². The lowest BCUT2D eigenvalue weighted by molar-refractivity contribution is -0.136. The van der Waals surface area contributed by atoms with Crippen molar-refractivity contribution in [1.82, 2.24) is 9.55 Å². The highest BCUT2D eigenvalue weighted by atomic mass is 16.5. The van der Waals surface area contributed by atoms with Gasteiger partial charge in [0.15, 0.2) is 0 Å². The van der Waals surface area contributed by atoms with Gasteiger partial charge in [-0.15, -0.1) is 0 Å². The summed E-state index contributed by atoms with van der Waals surface area (Å²) in [5.41, 5.74) is 0.834. The molecule has 1 unspecified atom stereocenters. The number of aryl methyl sites for hydroxylation is 1. The number of aliphatic carboxylic acids is 1. The maximum atomic E-state index is 10.4. The number of carbonyl (C=O) groups is 1. The Balaban J connectivity index is 1.84. The molecular formula is C11H16N2O3. The Hall–Kier alpha value is -1.36. The number of imidazole rings is 1. The molecule has 0 radical (unpaired) electrons. The van der Waals surface area contributed by atoms with E-state index in [1.165, 1.54) is 0 Å². The topological polar surface area (TPSA) is 64.3 Å². The molecule has 1 aromatic rings. The average molecular weight is 224 g/mol. The molecule has 0 spiro atoms. The zero-order chi connectivity index (χ0) is 11.4. The Morgan fingerprint density at radius 2 is 2.56 bits per heavy atom. The second-order valence-corrected chi connectivity index (χ2v) is 4.09. The van der Waals surface area contributed by atoms with E-state index in [1.54, 1.807) is 6.33 Å². The lowest BCUT2D eigenvalue weighted by atomic mass is 10.2. The Morgan fingerprint density at radius 1 is 1.69 bits per heavy atom. The standard InChI is InChI=1S/C11H16N2O3/c14-11(15)4-3-9-6-13(8-12-9)7-10-2-1-5-16-10/h6,8,10H,1-5,7H2,(H,14,15). The summed E-state index contributed by atoms with van der Waals surface area (Å²) in [6.07, 6.45) is 6.81. The summed E-state index contributed by atoms with van der Waals surface area (Å²) in [6.45, 7) is 1.67. The largest absolute Gasteiger partial charge is 0.481 e. The van der Waals surface area contributed by atoms with E-state index < -0.39 is 5.97 Å². The summed E-state index contributed by atoms with van der Waals surface area (Å²) >= 11 is 0. The van der Waals surface area contributed by atoms with E-state index in [0.29, 0.717) is 12.5 Å². The van der Waals surface area contributed by atoms with Gasteiger partial charge in [-0.1, -0.05) is 0 Å². The fraction of sp³-hybridized carbons (Fsp3) is 0.636. The molecule has 5 nitrogen and oxygen atoms in total. The van der Waals surface area contributed by atoms with Crippen molar-refractivity contribution in [3.8, 4) is 0 Å². The van der Waals surface area contributed by atoms with Gasteiger partial charge in [0.1, 0.15) is 0 Å². The summed E-state index contributed by atoms with van der Waals surface area (Å²) < 4.78 is 7.50. The zero-order valence-corrected chi connectivity index (χ0v) is 9.13. The predicted octanol–water partition coefficient (Wildman–Crippen LogP) is 1.08. The Morgan fingerprint density at radius 3 is 3.25 bits per heavy atom. The smallest absolute Gasteiger partial charge is 0.303 e. The molecule has 1 aromatic heterocycles. The third kappa shape index (κ3) is 3.06. The maximum absolute atomic E-state index is 10.4. The van der Waals surface area contributed by atoms with Gasteiger partial charge >= 0.3 is 5.97 Å². The first-order valence-electron chi connectivity index (χ1n) is 5.58. The fourth-order valence-electron chi connectivity index (χ4n) is 1.89. The van der Waals surface area contributed by atoms with E-state index in [-0.39, 0.29) is 6.42 Å². The third-order valence-corrected chi connectivity index (χ3v) is 2.72. The monoisotopic (exact) mass is 224 g/mol. The summed E-state index contributed by atoms with van der Waals surface area (Å²) in [5, 5.41) is 8.56. The van der Waals surface area contributed by atoms with Gasteiger partial charge in [0, 0.05) is 25.8 Å². The van der Waals surface area contributed by atoms with Crippen LogP contribution in [0, 0.1) is 0 Å². The highest BCUT2D eigenvalue weighted by Crippen LogP contribution is 2.14. The number of aromatic nitrogens is 2. The van der Waals surface area contributed by atoms with Gasteiger partial charge in [-0.25, -0.2) is 4.98 Å². The molecule has 0 bridgehead atoms. The minimum Gasteiger partial charge on any atom is -0.481 e. The van der Waals surface area contributed by atoms with Crippen LogP contribution in [0.2, 0.25) is 0 Å². The molecule has 0 amide bonds. The second-order valence-electron chi connectivity index (χ2n) is 4.09. The first-order chi connectivity index (χ1) is 7.74. The lowest BCUT2D eigenvalue weighted by Gasteiger charge is -2.08. The highest BCUT2D eigenvalue weighted by molar-refractivity contribution is 5.66. The van der Waals surface area contributed by atoms with Crippen LogP contribution in [0.5, 0.6) is 0 Å². The van der Waals surface area contributed by atoms with E-state index in [1.807, 2.05) is 10.8 Å². The lowest BCUT2D eigenvalue weighted by Crippen LogP contribution is -2.13. The van der Waals surface area contributed by atoms with Crippen molar-refractivity contribution in [3.05, 3.63) is 18.2 Å². The summed E-state index contributed by atoms with van der Waals surface area (Å²) in [6, 6.07) is 0. The predicted molar refractivity (Wildman–Crippen MR) is 57.2 cm³/mol. The van der Waals surface area contributed by atoms with Crippen LogP contribution in [0.15, 0.2) is 12.5 Å². The third-order valence-electron chi connectivity index (χ3n) is 2.72. The average Bonchev–Trinajstić information content (AvgIpc) is 2.87. The molecule has 1 fully saturated rings.